The molecule has 0 bridgehead atoms. The molecule has 5 heteroatoms. The van der Waals surface area contributed by atoms with Crippen LogP contribution in [0.1, 0.15) is 21.5 Å². The minimum atomic E-state index is -0.352. The highest BCUT2D eigenvalue weighted by atomic mass is 19.1. The summed E-state index contributed by atoms with van der Waals surface area (Å²) >= 11 is 0. The summed E-state index contributed by atoms with van der Waals surface area (Å²) in [6.45, 7) is 1.74. The second-order valence-electron chi connectivity index (χ2n) is 4.53. The van der Waals surface area contributed by atoms with Crippen LogP contribution in [-0.4, -0.2) is 11.0 Å². The second-order valence-corrected chi connectivity index (χ2v) is 4.53. The first-order chi connectivity index (χ1) is 9.47. The number of carbonyl (C=O) groups is 1. The first kappa shape index (κ1) is 13.9. The van der Waals surface area contributed by atoms with Gasteiger partial charge in [-0.05, 0) is 48.9 Å². The number of amides is 1. The van der Waals surface area contributed by atoms with Crippen molar-refractivity contribution in [3.63, 3.8) is 0 Å². The van der Waals surface area contributed by atoms with Crippen molar-refractivity contribution in [2.24, 2.45) is 0 Å². The average molecular weight is 274 g/mol. The van der Waals surface area contributed by atoms with Crippen LogP contribution in [0.2, 0.25) is 0 Å². The van der Waals surface area contributed by atoms with Crippen molar-refractivity contribution in [1.82, 2.24) is 5.32 Å². The van der Waals surface area contributed by atoms with Crippen molar-refractivity contribution in [2.75, 3.05) is 5.73 Å². The number of aryl methyl sites for hydroxylation is 1. The molecule has 4 N–H and O–H groups in total. The first-order valence-corrected chi connectivity index (χ1v) is 6.09. The van der Waals surface area contributed by atoms with E-state index in [4.69, 9.17) is 5.73 Å². The van der Waals surface area contributed by atoms with Gasteiger partial charge in [0.1, 0.15) is 11.6 Å². The van der Waals surface area contributed by atoms with Gasteiger partial charge in [-0.25, -0.2) is 4.39 Å². The van der Waals surface area contributed by atoms with Crippen LogP contribution in [0.15, 0.2) is 36.4 Å². The quantitative estimate of drug-likeness (QED) is 0.594. The maximum absolute atomic E-state index is 13.1. The molecule has 0 radical (unpaired) electrons. The number of hydrogen-bond donors (Lipinski definition) is 3. The number of hydrogen-bond acceptors (Lipinski definition) is 3. The summed E-state index contributed by atoms with van der Waals surface area (Å²) in [5.74, 6) is -0.625. The molecule has 4 nitrogen and oxygen atoms in total. The Morgan fingerprint density at radius 2 is 2.05 bits per heavy atom. The molecule has 0 heterocycles. The lowest BCUT2D eigenvalue weighted by Crippen LogP contribution is -2.23. The predicted molar refractivity (Wildman–Crippen MR) is 74.8 cm³/mol. The van der Waals surface area contributed by atoms with Crippen LogP contribution in [-0.2, 0) is 6.54 Å². The molecule has 0 aromatic heterocycles. The van der Waals surface area contributed by atoms with Crippen molar-refractivity contribution in [3.8, 4) is 5.75 Å². The van der Waals surface area contributed by atoms with Gasteiger partial charge in [0, 0.05) is 23.4 Å². The molecule has 0 fully saturated rings. The molecular formula is C15H15FN2O2. The van der Waals surface area contributed by atoms with Gasteiger partial charge in [0.05, 0.1) is 0 Å². The summed E-state index contributed by atoms with van der Waals surface area (Å²) in [5.41, 5.74) is 7.42. The summed E-state index contributed by atoms with van der Waals surface area (Å²) in [5, 5.41) is 12.3. The van der Waals surface area contributed by atoms with E-state index >= 15 is 0 Å². The second kappa shape index (κ2) is 5.61. The number of halogens is 1. The van der Waals surface area contributed by atoms with Crippen LogP contribution in [0.3, 0.4) is 0 Å². The standard InChI is InChI=1S/C15H15FN2O2/c1-9-6-10(2-4-13(9)16)15(20)18-8-11-7-12(17)3-5-14(11)19/h2-7,19H,8,17H2,1H3,(H,18,20). The largest absolute Gasteiger partial charge is 0.508 e. The number of phenols is 1. The van der Waals surface area contributed by atoms with E-state index in [1.807, 2.05) is 0 Å². The van der Waals surface area contributed by atoms with Gasteiger partial charge in [-0.15, -0.1) is 0 Å². The summed E-state index contributed by atoms with van der Waals surface area (Å²) < 4.78 is 13.1. The minimum absolute atomic E-state index is 0.0646. The number of aromatic hydroxyl groups is 1. The number of phenolic OH excluding ortho intramolecular Hbond substituents is 1. The maximum atomic E-state index is 13.1. The molecule has 104 valence electrons. The zero-order valence-corrected chi connectivity index (χ0v) is 11.0. The highest BCUT2D eigenvalue weighted by Crippen LogP contribution is 2.19. The van der Waals surface area contributed by atoms with Crippen molar-refractivity contribution in [2.45, 2.75) is 13.5 Å². The summed E-state index contributed by atoms with van der Waals surface area (Å²) in [7, 11) is 0. The molecule has 0 saturated carbocycles. The topological polar surface area (TPSA) is 75.4 Å². The highest BCUT2D eigenvalue weighted by Gasteiger charge is 2.09. The Kier molecular flexibility index (Phi) is 3.89. The molecule has 2 aromatic carbocycles. The van der Waals surface area contributed by atoms with Crippen LogP contribution >= 0.6 is 0 Å². The Hall–Kier alpha value is -2.56. The third-order valence-corrected chi connectivity index (χ3v) is 2.96. The molecule has 0 atom stereocenters. The normalized spacial score (nSPS) is 10.3. The van der Waals surface area contributed by atoms with Crippen LogP contribution in [0.4, 0.5) is 10.1 Å². The van der Waals surface area contributed by atoms with Crippen molar-refractivity contribution < 1.29 is 14.3 Å². The van der Waals surface area contributed by atoms with E-state index in [1.165, 1.54) is 24.3 Å². The smallest absolute Gasteiger partial charge is 0.251 e. The third-order valence-electron chi connectivity index (χ3n) is 2.96. The number of nitrogens with one attached hydrogen (secondary N) is 1. The molecule has 20 heavy (non-hydrogen) atoms. The molecular weight excluding hydrogens is 259 g/mol. The number of nitrogens with two attached hydrogens (primary N) is 1. The van der Waals surface area contributed by atoms with Crippen molar-refractivity contribution >= 4 is 11.6 Å². The number of nitrogen functional groups attached to an aromatic ring is 1. The third kappa shape index (κ3) is 3.06. The maximum Gasteiger partial charge on any atom is 0.251 e. The van der Waals surface area contributed by atoms with Gasteiger partial charge in [-0.2, -0.15) is 0 Å². The zero-order chi connectivity index (χ0) is 14.7. The molecule has 0 aliphatic rings. The number of rotatable bonds is 3. The van der Waals surface area contributed by atoms with Gasteiger partial charge in [-0.1, -0.05) is 0 Å². The lowest BCUT2D eigenvalue weighted by molar-refractivity contribution is 0.0950. The first-order valence-electron chi connectivity index (χ1n) is 6.09. The molecule has 2 rings (SSSR count). The van der Waals surface area contributed by atoms with E-state index in [0.29, 0.717) is 22.4 Å². The Bertz CT molecular complexity index is 656. The Morgan fingerprint density at radius 1 is 1.30 bits per heavy atom. The lowest BCUT2D eigenvalue weighted by atomic mass is 10.1. The number of carbonyl (C=O) groups excluding carboxylic acids is 1. The minimum Gasteiger partial charge on any atom is -0.508 e. The van der Waals surface area contributed by atoms with Crippen LogP contribution in [0, 0.1) is 12.7 Å². The Balaban J connectivity index is 2.08. The van der Waals surface area contributed by atoms with Crippen molar-refractivity contribution in [3.05, 3.63) is 58.9 Å². The van der Waals surface area contributed by atoms with Gasteiger partial charge in [0.25, 0.3) is 5.91 Å². The fourth-order valence-corrected chi connectivity index (χ4v) is 1.81. The van der Waals surface area contributed by atoms with E-state index in [9.17, 15) is 14.3 Å². The summed E-state index contributed by atoms with van der Waals surface area (Å²) in [6.07, 6.45) is 0. The Morgan fingerprint density at radius 3 is 2.75 bits per heavy atom. The van der Waals surface area contributed by atoms with E-state index in [2.05, 4.69) is 5.32 Å². The fraction of sp³-hybridized carbons (Fsp3) is 0.133. The van der Waals surface area contributed by atoms with E-state index < -0.39 is 0 Å². The molecule has 0 unspecified atom stereocenters. The molecule has 2 aromatic rings. The molecule has 0 saturated heterocycles. The predicted octanol–water partition coefficient (Wildman–Crippen LogP) is 2.35. The molecule has 0 aliphatic carbocycles. The van der Waals surface area contributed by atoms with Gasteiger partial charge in [-0.3, -0.25) is 4.79 Å². The zero-order valence-electron chi connectivity index (χ0n) is 11.0. The van der Waals surface area contributed by atoms with Crippen LogP contribution in [0.5, 0.6) is 5.75 Å². The molecule has 1 amide bonds. The highest BCUT2D eigenvalue weighted by molar-refractivity contribution is 5.94. The van der Waals surface area contributed by atoms with E-state index in [0.717, 1.165) is 0 Å². The average Bonchev–Trinajstić information content (AvgIpc) is 2.42. The summed E-state index contributed by atoms with van der Waals surface area (Å²) in [4.78, 5) is 11.9. The SMILES string of the molecule is Cc1cc(C(=O)NCc2cc(N)ccc2O)ccc1F. The lowest BCUT2D eigenvalue weighted by Gasteiger charge is -2.08. The Labute approximate surface area is 116 Å². The van der Waals surface area contributed by atoms with Gasteiger partial charge >= 0.3 is 0 Å². The number of benzene rings is 2. The summed E-state index contributed by atoms with van der Waals surface area (Å²) in [6, 6.07) is 8.78. The van der Waals surface area contributed by atoms with Crippen LogP contribution in [0.25, 0.3) is 0 Å². The molecule has 0 aliphatic heterocycles. The monoisotopic (exact) mass is 274 g/mol. The van der Waals surface area contributed by atoms with Gasteiger partial charge < -0.3 is 16.2 Å². The van der Waals surface area contributed by atoms with Gasteiger partial charge in [0.15, 0.2) is 0 Å². The van der Waals surface area contributed by atoms with E-state index in [1.54, 1.807) is 19.1 Å². The molecule has 0 spiro atoms. The number of anilines is 1. The fourth-order valence-electron chi connectivity index (χ4n) is 1.81. The van der Waals surface area contributed by atoms with Crippen molar-refractivity contribution in [1.29, 1.82) is 0 Å². The van der Waals surface area contributed by atoms with E-state index in [-0.39, 0.29) is 24.0 Å². The van der Waals surface area contributed by atoms with Gasteiger partial charge in [0.2, 0.25) is 0 Å². The van der Waals surface area contributed by atoms with Crippen LogP contribution < -0.4 is 11.1 Å².